The van der Waals surface area contributed by atoms with E-state index >= 15 is 0 Å². The van der Waals surface area contributed by atoms with Gasteiger partial charge in [-0.1, -0.05) is 6.07 Å². The molecule has 7 nitrogen and oxygen atoms in total. The van der Waals surface area contributed by atoms with Crippen molar-refractivity contribution in [1.82, 2.24) is 0 Å². The third-order valence-electron chi connectivity index (χ3n) is 2.08. The van der Waals surface area contributed by atoms with E-state index in [1.54, 1.807) is 0 Å². The smallest absolute Gasteiger partial charge is 0.339 e. The Kier molecular flexibility index (Phi) is 6.67. The second-order valence-electron chi connectivity index (χ2n) is 3.14. The summed E-state index contributed by atoms with van der Waals surface area (Å²) in [5.74, 6) is -1.98. The van der Waals surface area contributed by atoms with Crippen molar-refractivity contribution in [3.63, 3.8) is 0 Å². The quantitative estimate of drug-likeness (QED) is 0.480. The van der Waals surface area contributed by atoms with Crippen molar-refractivity contribution in [3.8, 4) is 0 Å². The van der Waals surface area contributed by atoms with Crippen molar-refractivity contribution in [2.45, 2.75) is 4.90 Å². The van der Waals surface area contributed by atoms with Gasteiger partial charge in [0.05, 0.1) is 25.3 Å². The standard InChI is InChI=1S/C10H10O7S.Na/c1-16-9(11)6-4-3-5-7(10(12)17-2)8(6)18(13,14)15;/h3-5H,1-2H3,(H,13,14,15);. The number of methoxy groups -OCH3 is 2. The SMILES string of the molecule is COC(=O)c1cccc(C(=O)OC)c1S(=O)(=O)O.[Na]. The van der Waals surface area contributed by atoms with Crippen LogP contribution in [0.3, 0.4) is 0 Å². The van der Waals surface area contributed by atoms with Gasteiger partial charge >= 0.3 is 11.9 Å². The van der Waals surface area contributed by atoms with E-state index in [2.05, 4.69) is 9.47 Å². The number of ether oxygens (including phenoxy) is 2. The molecule has 0 heterocycles. The fourth-order valence-corrected chi connectivity index (χ4v) is 2.21. The largest absolute Gasteiger partial charge is 0.465 e. The zero-order chi connectivity index (χ0) is 13.9. The molecule has 1 aromatic carbocycles. The number of benzene rings is 1. The minimum absolute atomic E-state index is 0. The van der Waals surface area contributed by atoms with Gasteiger partial charge in [0.2, 0.25) is 0 Å². The number of hydrogen-bond donors (Lipinski definition) is 1. The summed E-state index contributed by atoms with van der Waals surface area (Å²) in [4.78, 5) is 22.0. The second-order valence-corrected chi connectivity index (χ2v) is 4.50. The second kappa shape index (κ2) is 7.01. The Labute approximate surface area is 131 Å². The Bertz CT molecular complexity index is 560. The monoisotopic (exact) mass is 297 g/mol. The van der Waals surface area contributed by atoms with E-state index in [1.807, 2.05) is 0 Å². The third-order valence-corrected chi connectivity index (χ3v) is 3.04. The number of rotatable bonds is 3. The van der Waals surface area contributed by atoms with Crippen LogP contribution < -0.4 is 0 Å². The molecule has 9 heteroatoms. The fraction of sp³-hybridized carbons (Fsp3) is 0.200. The van der Waals surface area contributed by atoms with Crippen molar-refractivity contribution in [3.05, 3.63) is 29.3 Å². The molecule has 0 aliphatic heterocycles. The van der Waals surface area contributed by atoms with E-state index in [0.29, 0.717) is 0 Å². The molecule has 1 rings (SSSR count). The van der Waals surface area contributed by atoms with Crippen molar-refractivity contribution >= 4 is 51.6 Å². The fourth-order valence-electron chi connectivity index (χ4n) is 1.36. The number of carbonyl (C=O) groups is 2. The molecular formula is C10H10NaO7S. The summed E-state index contributed by atoms with van der Waals surface area (Å²) >= 11 is 0. The number of esters is 2. The van der Waals surface area contributed by atoms with Crippen molar-refractivity contribution in [1.29, 1.82) is 0 Å². The summed E-state index contributed by atoms with van der Waals surface area (Å²) in [5.41, 5.74) is -0.884. The van der Waals surface area contributed by atoms with E-state index in [9.17, 15) is 18.0 Å². The van der Waals surface area contributed by atoms with Gasteiger partial charge in [0.1, 0.15) is 4.90 Å². The maximum atomic E-state index is 11.4. The van der Waals surface area contributed by atoms with Crippen LogP contribution in [0.1, 0.15) is 20.7 Å². The maximum absolute atomic E-state index is 11.4. The molecule has 0 saturated heterocycles. The number of carbonyl (C=O) groups excluding carboxylic acids is 2. The van der Waals surface area contributed by atoms with Gasteiger partial charge in [-0.2, -0.15) is 8.42 Å². The molecule has 0 aliphatic carbocycles. The first-order chi connectivity index (χ1) is 8.32. The predicted molar refractivity (Wildman–Crippen MR) is 64.7 cm³/mol. The van der Waals surface area contributed by atoms with Crippen LogP contribution in [0.4, 0.5) is 0 Å². The molecule has 0 fully saturated rings. The van der Waals surface area contributed by atoms with Gasteiger partial charge in [0, 0.05) is 29.6 Å². The Morgan fingerprint density at radius 3 is 1.68 bits per heavy atom. The average Bonchev–Trinajstić information content (AvgIpc) is 2.34. The average molecular weight is 297 g/mol. The first-order valence-electron chi connectivity index (χ1n) is 4.60. The summed E-state index contributed by atoms with van der Waals surface area (Å²) in [6.07, 6.45) is 0. The molecule has 0 aliphatic rings. The topological polar surface area (TPSA) is 107 Å². The summed E-state index contributed by atoms with van der Waals surface area (Å²) in [6, 6.07) is 3.50. The van der Waals surface area contributed by atoms with Crippen LogP contribution in [-0.2, 0) is 19.6 Å². The van der Waals surface area contributed by atoms with Crippen LogP contribution in [0.15, 0.2) is 23.1 Å². The van der Waals surface area contributed by atoms with Crippen LogP contribution in [0.5, 0.6) is 0 Å². The molecule has 19 heavy (non-hydrogen) atoms. The van der Waals surface area contributed by atoms with E-state index < -0.39 is 38.1 Å². The van der Waals surface area contributed by atoms with Gasteiger partial charge in [-0.3, -0.25) is 4.55 Å². The first-order valence-corrected chi connectivity index (χ1v) is 6.04. The van der Waals surface area contributed by atoms with Gasteiger partial charge in [-0.15, -0.1) is 0 Å². The van der Waals surface area contributed by atoms with Gasteiger partial charge in [0.15, 0.2) is 0 Å². The molecule has 99 valence electrons. The zero-order valence-electron chi connectivity index (χ0n) is 10.5. The van der Waals surface area contributed by atoms with Crippen molar-refractivity contribution in [2.24, 2.45) is 0 Å². The molecule has 0 bridgehead atoms. The van der Waals surface area contributed by atoms with E-state index in [4.69, 9.17) is 4.55 Å². The van der Waals surface area contributed by atoms with E-state index in [1.165, 1.54) is 6.07 Å². The Hall–Kier alpha value is -0.930. The van der Waals surface area contributed by atoms with Crippen LogP contribution in [0.2, 0.25) is 0 Å². The van der Waals surface area contributed by atoms with E-state index in [-0.39, 0.29) is 29.6 Å². The Morgan fingerprint density at radius 2 is 1.42 bits per heavy atom. The minimum atomic E-state index is -4.78. The number of hydrogen-bond acceptors (Lipinski definition) is 6. The molecule has 0 saturated carbocycles. The zero-order valence-corrected chi connectivity index (χ0v) is 13.4. The van der Waals surface area contributed by atoms with Gasteiger partial charge in [-0.05, 0) is 12.1 Å². The predicted octanol–water partition coefficient (Wildman–Crippen LogP) is 0.126. The first kappa shape index (κ1) is 18.1. The summed E-state index contributed by atoms with van der Waals surface area (Å²) in [6.45, 7) is 0. The van der Waals surface area contributed by atoms with Crippen LogP contribution >= 0.6 is 0 Å². The molecule has 1 N–H and O–H groups in total. The van der Waals surface area contributed by atoms with Gasteiger partial charge in [0.25, 0.3) is 10.1 Å². The summed E-state index contributed by atoms with van der Waals surface area (Å²) in [7, 11) is -2.69. The maximum Gasteiger partial charge on any atom is 0.339 e. The molecule has 1 radical (unpaired) electrons. The summed E-state index contributed by atoms with van der Waals surface area (Å²) in [5, 5.41) is 0. The molecule has 1 aromatic rings. The van der Waals surface area contributed by atoms with Crippen LogP contribution in [-0.4, -0.2) is 68.7 Å². The molecule has 0 aromatic heterocycles. The van der Waals surface area contributed by atoms with Crippen molar-refractivity contribution in [2.75, 3.05) is 14.2 Å². The molecule has 0 spiro atoms. The van der Waals surface area contributed by atoms with Gasteiger partial charge < -0.3 is 9.47 Å². The summed E-state index contributed by atoms with van der Waals surface area (Å²) < 4.78 is 40.4. The van der Waals surface area contributed by atoms with Crippen molar-refractivity contribution < 1.29 is 32.0 Å². The third kappa shape index (κ3) is 4.02. The molecule has 0 atom stereocenters. The normalized spacial score (nSPS) is 10.3. The Morgan fingerprint density at radius 1 is 1.05 bits per heavy atom. The molecule has 0 amide bonds. The van der Waals surface area contributed by atoms with E-state index in [0.717, 1.165) is 26.4 Å². The molecule has 0 unspecified atom stereocenters. The van der Waals surface area contributed by atoms with Crippen LogP contribution in [0, 0.1) is 0 Å². The molecular weight excluding hydrogens is 287 g/mol. The van der Waals surface area contributed by atoms with Gasteiger partial charge in [-0.25, -0.2) is 9.59 Å². The van der Waals surface area contributed by atoms with Crippen LogP contribution in [0.25, 0.3) is 0 Å². The minimum Gasteiger partial charge on any atom is -0.465 e. The Balaban J connectivity index is 0.00000324.